The highest BCUT2D eigenvalue weighted by Crippen LogP contribution is 2.29. The number of nitro benzene ring substituents is 1. The highest BCUT2D eigenvalue weighted by atomic mass is 35.5. The fourth-order valence-electron chi connectivity index (χ4n) is 1.36. The van der Waals surface area contributed by atoms with Gasteiger partial charge in [-0.1, -0.05) is 18.5 Å². The molecule has 0 bridgehead atoms. The van der Waals surface area contributed by atoms with E-state index in [1.165, 1.54) is 18.2 Å². The second-order valence-electron chi connectivity index (χ2n) is 3.29. The average Bonchev–Trinajstić information content (AvgIpc) is 2.25. The normalized spacial score (nSPS) is 11.9. The summed E-state index contributed by atoms with van der Waals surface area (Å²) in [5, 5.41) is 11.2. The van der Waals surface area contributed by atoms with Crippen LogP contribution in [0.25, 0.3) is 0 Å². The predicted molar refractivity (Wildman–Crippen MR) is 58.5 cm³/mol. The Morgan fingerprint density at radius 2 is 2.31 bits per heavy atom. The van der Waals surface area contributed by atoms with E-state index in [0.717, 1.165) is 0 Å². The maximum Gasteiger partial charge on any atom is 0.293 e. The van der Waals surface area contributed by atoms with Gasteiger partial charge >= 0.3 is 0 Å². The van der Waals surface area contributed by atoms with Crippen LogP contribution >= 0.6 is 11.6 Å². The molecule has 16 heavy (non-hydrogen) atoms. The molecule has 1 aromatic carbocycles. The van der Waals surface area contributed by atoms with Crippen molar-refractivity contribution in [2.24, 2.45) is 0 Å². The first kappa shape index (κ1) is 12.4. The van der Waals surface area contributed by atoms with E-state index < -0.39 is 4.92 Å². The Labute approximate surface area is 97.1 Å². The lowest BCUT2D eigenvalue weighted by Gasteiger charge is -2.10. The quantitative estimate of drug-likeness (QED) is 0.453. The molecule has 1 rings (SSSR count). The fraction of sp³-hybridized carbons (Fsp3) is 0.300. The molecular weight excluding hydrogens is 234 g/mol. The Kier molecular flexibility index (Phi) is 4.25. The second kappa shape index (κ2) is 5.46. The molecule has 0 aromatic heterocycles. The van der Waals surface area contributed by atoms with Gasteiger partial charge in [0.2, 0.25) is 0 Å². The Bertz CT molecular complexity index is 408. The first-order valence-electron chi connectivity index (χ1n) is 4.55. The molecule has 5 nitrogen and oxygen atoms in total. The molecule has 0 saturated carbocycles. The minimum Gasteiger partial charge on any atom is -0.467 e. The average molecular weight is 244 g/mol. The molecule has 1 unspecified atom stereocenters. The fourth-order valence-corrected chi connectivity index (χ4v) is 1.54. The van der Waals surface area contributed by atoms with E-state index in [4.69, 9.17) is 11.6 Å². The molecule has 0 aliphatic rings. The lowest BCUT2D eigenvalue weighted by Crippen LogP contribution is -2.06. The Morgan fingerprint density at radius 3 is 2.88 bits per heavy atom. The van der Waals surface area contributed by atoms with Crippen LogP contribution in [0.5, 0.6) is 0 Å². The minimum atomic E-state index is -0.483. The summed E-state index contributed by atoms with van der Waals surface area (Å²) in [4.78, 5) is 20.3. The Hall–Kier alpha value is -1.62. The van der Waals surface area contributed by atoms with Crippen LogP contribution in [0.1, 0.15) is 18.4 Å². The molecular formula is C10H10ClNO4. The van der Waals surface area contributed by atoms with Crippen molar-refractivity contribution in [3.8, 4) is 0 Å². The van der Waals surface area contributed by atoms with E-state index in [9.17, 15) is 14.9 Å². The molecule has 1 atom stereocenters. The number of hydrogen-bond acceptors (Lipinski definition) is 4. The number of hydrogen-bond donors (Lipinski definition) is 0. The molecule has 0 N–H and O–H groups in total. The number of carbonyl (C=O) groups excluding carboxylic acids is 1. The van der Waals surface area contributed by atoms with Gasteiger partial charge in [-0.25, -0.2) is 0 Å². The zero-order valence-electron chi connectivity index (χ0n) is 8.55. The smallest absolute Gasteiger partial charge is 0.293 e. The molecule has 1 aromatic rings. The molecule has 0 aliphatic carbocycles. The summed E-state index contributed by atoms with van der Waals surface area (Å²) in [5.41, 5.74) is 0.436. The lowest BCUT2D eigenvalue weighted by molar-refractivity contribution is -0.385. The SMILES string of the molecule is CC(COC=O)c1cc(Cl)ccc1[N+](=O)[O-]. The lowest BCUT2D eigenvalue weighted by atomic mass is 10.0. The van der Waals surface area contributed by atoms with Crippen molar-refractivity contribution in [3.05, 3.63) is 38.9 Å². The van der Waals surface area contributed by atoms with Crippen LogP contribution in [0.4, 0.5) is 5.69 Å². The maximum absolute atomic E-state index is 10.8. The molecule has 0 aliphatic heterocycles. The van der Waals surface area contributed by atoms with Crippen molar-refractivity contribution in [1.82, 2.24) is 0 Å². The van der Waals surface area contributed by atoms with Gasteiger partial charge in [-0.3, -0.25) is 14.9 Å². The topological polar surface area (TPSA) is 69.4 Å². The van der Waals surface area contributed by atoms with Crippen LogP contribution in [0.3, 0.4) is 0 Å². The van der Waals surface area contributed by atoms with E-state index in [1.54, 1.807) is 6.92 Å². The number of nitrogens with zero attached hydrogens (tertiary/aromatic N) is 1. The van der Waals surface area contributed by atoms with Crippen LogP contribution in [-0.4, -0.2) is 18.0 Å². The van der Waals surface area contributed by atoms with Gasteiger partial charge in [0.1, 0.15) is 0 Å². The van der Waals surface area contributed by atoms with Crippen LogP contribution < -0.4 is 0 Å². The largest absolute Gasteiger partial charge is 0.467 e. The number of nitro groups is 1. The van der Waals surface area contributed by atoms with E-state index >= 15 is 0 Å². The molecule has 0 spiro atoms. The zero-order valence-corrected chi connectivity index (χ0v) is 9.31. The summed E-state index contributed by atoms with van der Waals surface area (Å²) in [7, 11) is 0. The summed E-state index contributed by atoms with van der Waals surface area (Å²) >= 11 is 5.77. The second-order valence-corrected chi connectivity index (χ2v) is 3.73. The van der Waals surface area contributed by atoms with Crippen LogP contribution in [0, 0.1) is 10.1 Å². The van der Waals surface area contributed by atoms with Crippen molar-refractivity contribution >= 4 is 23.8 Å². The minimum absolute atomic E-state index is 0.0219. The highest BCUT2D eigenvalue weighted by Gasteiger charge is 2.19. The summed E-state index contributed by atoms with van der Waals surface area (Å²) in [6.07, 6.45) is 0. The third-order valence-corrected chi connectivity index (χ3v) is 2.37. The molecule has 0 fully saturated rings. The first-order valence-corrected chi connectivity index (χ1v) is 4.93. The van der Waals surface area contributed by atoms with Crippen molar-refractivity contribution < 1.29 is 14.5 Å². The van der Waals surface area contributed by atoms with Crippen LogP contribution in [-0.2, 0) is 9.53 Å². The number of carbonyl (C=O) groups is 1. The molecule has 0 amide bonds. The van der Waals surface area contributed by atoms with E-state index in [1.807, 2.05) is 0 Å². The Balaban J connectivity index is 3.03. The molecule has 0 heterocycles. The predicted octanol–water partition coefficient (Wildman–Crippen LogP) is 2.52. The van der Waals surface area contributed by atoms with Gasteiger partial charge in [0.15, 0.2) is 0 Å². The molecule has 0 saturated heterocycles. The van der Waals surface area contributed by atoms with Crippen molar-refractivity contribution in [3.63, 3.8) is 0 Å². The van der Waals surface area contributed by atoms with Gasteiger partial charge in [-0.2, -0.15) is 0 Å². The van der Waals surface area contributed by atoms with Gasteiger partial charge in [0, 0.05) is 22.6 Å². The van der Waals surface area contributed by atoms with Gasteiger partial charge in [-0.15, -0.1) is 0 Å². The van der Waals surface area contributed by atoms with Crippen LogP contribution in [0.2, 0.25) is 5.02 Å². The standard InChI is InChI=1S/C10H10ClNO4/c1-7(5-16-6-13)9-4-8(11)2-3-10(9)12(14)15/h2-4,6-7H,5H2,1H3. The maximum atomic E-state index is 10.8. The third-order valence-electron chi connectivity index (χ3n) is 2.13. The molecule has 0 radical (unpaired) electrons. The van der Waals surface area contributed by atoms with Crippen molar-refractivity contribution in [2.45, 2.75) is 12.8 Å². The van der Waals surface area contributed by atoms with E-state index in [2.05, 4.69) is 4.74 Å². The summed E-state index contributed by atoms with van der Waals surface area (Å²) in [5.74, 6) is -0.274. The third kappa shape index (κ3) is 2.93. The number of rotatable bonds is 5. The van der Waals surface area contributed by atoms with Gasteiger partial charge in [0.05, 0.1) is 11.5 Å². The summed E-state index contributed by atoms with van der Waals surface area (Å²) < 4.78 is 4.58. The van der Waals surface area contributed by atoms with E-state index in [-0.39, 0.29) is 18.2 Å². The highest BCUT2D eigenvalue weighted by molar-refractivity contribution is 6.30. The summed E-state index contributed by atoms with van der Waals surface area (Å²) in [6.45, 7) is 2.12. The zero-order chi connectivity index (χ0) is 12.1. The first-order chi connectivity index (χ1) is 7.56. The number of halogens is 1. The van der Waals surface area contributed by atoms with Crippen molar-refractivity contribution in [2.75, 3.05) is 6.61 Å². The van der Waals surface area contributed by atoms with Gasteiger partial charge in [-0.05, 0) is 12.1 Å². The monoisotopic (exact) mass is 243 g/mol. The van der Waals surface area contributed by atoms with Gasteiger partial charge < -0.3 is 4.74 Å². The molecule has 86 valence electrons. The van der Waals surface area contributed by atoms with Crippen LogP contribution in [0.15, 0.2) is 18.2 Å². The Morgan fingerprint density at radius 1 is 1.62 bits per heavy atom. The van der Waals surface area contributed by atoms with Crippen molar-refractivity contribution in [1.29, 1.82) is 0 Å². The number of ether oxygens (including phenoxy) is 1. The van der Waals surface area contributed by atoms with Gasteiger partial charge in [0.25, 0.3) is 12.2 Å². The van der Waals surface area contributed by atoms with E-state index in [0.29, 0.717) is 17.1 Å². The molecule has 6 heteroatoms. The number of benzene rings is 1. The summed E-state index contributed by atoms with van der Waals surface area (Å²) in [6, 6.07) is 4.31.